The van der Waals surface area contributed by atoms with Gasteiger partial charge in [-0.25, -0.2) is 4.79 Å². The summed E-state index contributed by atoms with van der Waals surface area (Å²) in [5, 5.41) is 2.71. The number of rotatable bonds is 2. The predicted octanol–water partition coefficient (Wildman–Crippen LogP) is 3.05. The molecule has 0 unspecified atom stereocenters. The van der Waals surface area contributed by atoms with Gasteiger partial charge in [-0.2, -0.15) is 0 Å². The molecule has 0 bridgehead atoms. The second-order valence-corrected chi connectivity index (χ2v) is 6.95. The summed E-state index contributed by atoms with van der Waals surface area (Å²) < 4.78 is 5.26. The maximum Gasteiger partial charge on any atom is 0.408 e. The number of aryl methyl sites for hydroxylation is 2. The third-order valence-corrected chi connectivity index (χ3v) is 3.94. The van der Waals surface area contributed by atoms with Crippen LogP contribution < -0.4 is 10.2 Å². The second-order valence-electron chi connectivity index (χ2n) is 6.95. The number of amides is 2. The van der Waals surface area contributed by atoms with Crippen molar-refractivity contribution < 1.29 is 14.3 Å². The van der Waals surface area contributed by atoms with Gasteiger partial charge in [-0.05, 0) is 57.2 Å². The third kappa shape index (κ3) is 4.24. The molecule has 0 aliphatic carbocycles. The minimum absolute atomic E-state index is 0.112. The quantitative estimate of drug-likeness (QED) is 0.912. The Morgan fingerprint density at radius 2 is 2.09 bits per heavy atom. The number of fused-ring (bicyclic) bond motifs is 1. The van der Waals surface area contributed by atoms with Gasteiger partial charge in [0.15, 0.2) is 0 Å². The van der Waals surface area contributed by atoms with E-state index in [4.69, 9.17) is 4.74 Å². The molecule has 1 aliphatic rings. The van der Waals surface area contributed by atoms with Crippen LogP contribution >= 0.6 is 0 Å². The van der Waals surface area contributed by atoms with Gasteiger partial charge in [0.1, 0.15) is 11.6 Å². The highest BCUT2D eigenvalue weighted by atomic mass is 16.6. The number of nitrogens with zero attached hydrogens (tertiary/aromatic N) is 1. The predicted molar refractivity (Wildman–Crippen MR) is 90.7 cm³/mol. The summed E-state index contributed by atoms with van der Waals surface area (Å²) in [4.78, 5) is 26.2. The van der Waals surface area contributed by atoms with Gasteiger partial charge in [0, 0.05) is 12.7 Å². The highest BCUT2D eigenvalue weighted by Gasteiger charge is 2.30. The van der Waals surface area contributed by atoms with E-state index in [1.807, 2.05) is 12.1 Å². The standard InChI is InChI=1S/C18H26N2O3/c1-6-12-7-10-15-13(11-12)8-9-14(16(21)20(15)5)19-17(22)23-18(2,3)4/h7,10-11,14H,6,8-9H2,1-5H3,(H,19,22)/t14-/m0/s1. The van der Waals surface area contributed by atoms with E-state index in [1.165, 1.54) is 5.56 Å². The van der Waals surface area contributed by atoms with E-state index < -0.39 is 17.7 Å². The monoisotopic (exact) mass is 318 g/mol. The molecule has 1 aromatic rings. The topological polar surface area (TPSA) is 58.6 Å². The number of carbonyl (C=O) groups is 2. The third-order valence-electron chi connectivity index (χ3n) is 3.94. The Balaban J connectivity index is 2.15. The number of carbonyl (C=O) groups excluding carboxylic acids is 2. The zero-order valence-electron chi connectivity index (χ0n) is 14.6. The molecule has 0 saturated carbocycles. The van der Waals surface area contributed by atoms with Crippen LogP contribution in [0.25, 0.3) is 0 Å². The van der Waals surface area contributed by atoms with Crippen molar-refractivity contribution in [2.24, 2.45) is 0 Å². The Morgan fingerprint density at radius 1 is 1.39 bits per heavy atom. The normalized spacial score (nSPS) is 18.2. The zero-order valence-corrected chi connectivity index (χ0v) is 14.6. The number of likely N-dealkylation sites (N-methyl/N-ethyl adjacent to an activating group) is 1. The van der Waals surface area contributed by atoms with Gasteiger partial charge in [0.2, 0.25) is 5.91 Å². The first kappa shape index (κ1) is 17.3. The van der Waals surface area contributed by atoms with E-state index in [-0.39, 0.29) is 5.91 Å². The first-order valence-electron chi connectivity index (χ1n) is 8.10. The molecule has 0 aromatic heterocycles. The number of hydrogen-bond donors (Lipinski definition) is 1. The Morgan fingerprint density at radius 3 is 2.70 bits per heavy atom. The molecule has 5 nitrogen and oxygen atoms in total. The fourth-order valence-electron chi connectivity index (χ4n) is 2.75. The summed E-state index contributed by atoms with van der Waals surface area (Å²) >= 11 is 0. The molecular weight excluding hydrogens is 292 g/mol. The number of ether oxygens (including phenoxy) is 1. The van der Waals surface area contributed by atoms with Crippen LogP contribution in [-0.4, -0.2) is 30.7 Å². The molecule has 2 amide bonds. The molecule has 0 radical (unpaired) electrons. The maximum atomic E-state index is 12.6. The summed E-state index contributed by atoms with van der Waals surface area (Å²) in [6.45, 7) is 7.52. The van der Waals surface area contributed by atoms with E-state index in [1.54, 1.807) is 32.7 Å². The summed E-state index contributed by atoms with van der Waals surface area (Å²) in [5.74, 6) is -0.112. The largest absolute Gasteiger partial charge is 0.444 e. The van der Waals surface area contributed by atoms with Crippen LogP contribution in [-0.2, 0) is 22.4 Å². The fourth-order valence-corrected chi connectivity index (χ4v) is 2.75. The zero-order chi connectivity index (χ0) is 17.2. The molecular formula is C18H26N2O3. The second kappa shape index (κ2) is 6.60. The van der Waals surface area contributed by atoms with Gasteiger partial charge in [0.05, 0.1) is 0 Å². The molecule has 1 aromatic carbocycles. The van der Waals surface area contributed by atoms with E-state index >= 15 is 0 Å². The maximum absolute atomic E-state index is 12.6. The molecule has 0 saturated heterocycles. The van der Waals surface area contributed by atoms with Crippen molar-refractivity contribution in [3.05, 3.63) is 29.3 Å². The van der Waals surface area contributed by atoms with Crippen LogP contribution in [0.5, 0.6) is 0 Å². The lowest BCUT2D eigenvalue weighted by atomic mass is 10.0. The van der Waals surface area contributed by atoms with Crippen LogP contribution in [0.3, 0.4) is 0 Å². The molecule has 1 atom stereocenters. The number of hydrogen-bond acceptors (Lipinski definition) is 3. The molecule has 1 aliphatic heterocycles. The lowest BCUT2D eigenvalue weighted by Gasteiger charge is -2.24. The molecule has 5 heteroatoms. The van der Waals surface area contributed by atoms with Crippen molar-refractivity contribution >= 4 is 17.7 Å². The summed E-state index contributed by atoms with van der Waals surface area (Å²) in [6.07, 6.45) is 1.73. The van der Waals surface area contributed by atoms with Gasteiger partial charge in [-0.15, -0.1) is 0 Å². The number of nitrogens with one attached hydrogen (secondary N) is 1. The number of anilines is 1. The first-order valence-corrected chi connectivity index (χ1v) is 8.10. The Bertz CT molecular complexity index is 605. The molecule has 2 rings (SSSR count). The smallest absolute Gasteiger partial charge is 0.408 e. The highest BCUT2D eigenvalue weighted by molar-refractivity contribution is 5.99. The molecule has 23 heavy (non-hydrogen) atoms. The van der Waals surface area contributed by atoms with Crippen LogP contribution in [0, 0.1) is 0 Å². The highest BCUT2D eigenvalue weighted by Crippen LogP contribution is 2.27. The van der Waals surface area contributed by atoms with Crippen molar-refractivity contribution in [2.75, 3.05) is 11.9 Å². The van der Waals surface area contributed by atoms with Crippen LogP contribution in [0.15, 0.2) is 18.2 Å². The van der Waals surface area contributed by atoms with E-state index in [2.05, 4.69) is 18.3 Å². The minimum atomic E-state index is -0.581. The molecule has 1 heterocycles. The number of benzene rings is 1. The van der Waals surface area contributed by atoms with Crippen molar-refractivity contribution in [2.45, 2.75) is 58.6 Å². The van der Waals surface area contributed by atoms with E-state index in [0.717, 1.165) is 24.1 Å². The van der Waals surface area contributed by atoms with Crippen molar-refractivity contribution in [1.82, 2.24) is 5.32 Å². The first-order chi connectivity index (χ1) is 10.7. The summed E-state index contributed by atoms with van der Waals surface area (Å²) in [7, 11) is 1.75. The van der Waals surface area contributed by atoms with Gasteiger partial charge < -0.3 is 15.0 Å². The van der Waals surface area contributed by atoms with E-state index in [0.29, 0.717) is 6.42 Å². The molecule has 0 fully saturated rings. The Hall–Kier alpha value is -2.04. The van der Waals surface area contributed by atoms with Crippen LogP contribution in [0.4, 0.5) is 10.5 Å². The average Bonchev–Trinajstić information content (AvgIpc) is 2.57. The minimum Gasteiger partial charge on any atom is -0.444 e. The van der Waals surface area contributed by atoms with E-state index in [9.17, 15) is 9.59 Å². The van der Waals surface area contributed by atoms with Gasteiger partial charge >= 0.3 is 6.09 Å². The SMILES string of the molecule is CCc1ccc2c(c1)CC[C@H](NC(=O)OC(C)(C)C)C(=O)N2C. The molecule has 126 valence electrons. The average molecular weight is 318 g/mol. The van der Waals surface area contributed by atoms with Crippen LogP contribution in [0.2, 0.25) is 0 Å². The summed E-state index contributed by atoms with van der Waals surface area (Å²) in [5.41, 5.74) is 2.74. The van der Waals surface area contributed by atoms with Gasteiger partial charge in [-0.3, -0.25) is 4.79 Å². The lowest BCUT2D eigenvalue weighted by molar-refractivity contribution is -0.120. The molecule has 0 spiro atoms. The number of alkyl carbamates (subject to hydrolysis) is 1. The van der Waals surface area contributed by atoms with Crippen molar-refractivity contribution in [3.8, 4) is 0 Å². The van der Waals surface area contributed by atoms with Crippen molar-refractivity contribution in [1.29, 1.82) is 0 Å². The van der Waals surface area contributed by atoms with Gasteiger partial charge in [-0.1, -0.05) is 19.1 Å². The Kier molecular flexibility index (Phi) is 4.97. The van der Waals surface area contributed by atoms with Crippen LogP contribution in [0.1, 0.15) is 45.2 Å². The summed E-state index contributed by atoms with van der Waals surface area (Å²) in [6, 6.07) is 5.62. The Labute approximate surface area is 138 Å². The lowest BCUT2D eigenvalue weighted by Crippen LogP contribution is -2.48. The van der Waals surface area contributed by atoms with Crippen molar-refractivity contribution in [3.63, 3.8) is 0 Å². The van der Waals surface area contributed by atoms with Gasteiger partial charge in [0.25, 0.3) is 0 Å². The fraction of sp³-hybridized carbons (Fsp3) is 0.556. The molecule has 1 N–H and O–H groups in total.